The van der Waals surface area contributed by atoms with E-state index in [1.54, 1.807) is 42.7 Å². The second kappa shape index (κ2) is 6.56. The number of carbonyl (C=O) groups is 1. The Hall–Kier alpha value is -2.56. The summed E-state index contributed by atoms with van der Waals surface area (Å²) in [5.41, 5.74) is 0.703. The summed E-state index contributed by atoms with van der Waals surface area (Å²) in [6.45, 7) is 0.0654. The maximum absolute atomic E-state index is 11.8. The molecule has 1 atom stereocenters. The topological polar surface area (TPSA) is 68.7 Å². The van der Waals surface area contributed by atoms with Crippen molar-refractivity contribution in [2.45, 2.75) is 5.92 Å². The summed E-state index contributed by atoms with van der Waals surface area (Å²) in [6.07, 6.45) is 3.22. The lowest BCUT2D eigenvalue weighted by Crippen LogP contribution is -2.21. The highest BCUT2D eigenvalue weighted by molar-refractivity contribution is 5.78. The monoisotopic (exact) mass is 273 g/mol. The average Bonchev–Trinajstić information content (AvgIpc) is 2.50. The Labute approximate surface area is 116 Å². The summed E-state index contributed by atoms with van der Waals surface area (Å²) < 4.78 is 10.3. The molecule has 5 nitrogen and oxygen atoms in total. The Morgan fingerprint density at radius 1 is 1.30 bits per heavy atom. The van der Waals surface area contributed by atoms with E-state index in [0.29, 0.717) is 11.3 Å². The number of hydrogen-bond donors (Lipinski definition) is 1. The zero-order valence-corrected chi connectivity index (χ0v) is 11.0. The van der Waals surface area contributed by atoms with E-state index in [2.05, 4.69) is 4.98 Å². The van der Waals surface area contributed by atoms with Crippen LogP contribution in [-0.2, 0) is 9.53 Å². The Balaban J connectivity index is 2.14. The van der Waals surface area contributed by atoms with Crippen LogP contribution in [0.25, 0.3) is 0 Å². The molecule has 0 aliphatic carbocycles. The van der Waals surface area contributed by atoms with Crippen molar-refractivity contribution in [2.75, 3.05) is 13.7 Å². The van der Waals surface area contributed by atoms with Crippen molar-refractivity contribution in [2.24, 2.45) is 0 Å². The minimum atomic E-state index is -0.590. The van der Waals surface area contributed by atoms with Crippen LogP contribution < -0.4 is 4.74 Å². The van der Waals surface area contributed by atoms with Crippen LogP contribution in [0.3, 0.4) is 0 Å². The van der Waals surface area contributed by atoms with Gasteiger partial charge in [0.1, 0.15) is 12.5 Å². The van der Waals surface area contributed by atoms with Crippen LogP contribution in [-0.4, -0.2) is 29.8 Å². The number of para-hydroxylation sites is 2. The second-order valence-electron chi connectivity index (χ2n) is 4.14. The smallest absolute Gasteiger partial charge is 0.316 e. The first-order valence-electron chi connectivity index (χ1n) is 6.11. The standard InChI is InChI=1S/C15H15NO4/c1-19-15(18)12(11-5-4-8-16-9-11)10-20-14-7-3-2-6-13(14)17/h2-9,12,17H,10H2,1H3. The molecule has 1 N–H and O–H groups in total. The van der Waals surface area contributed by atoms with Gasteiger partial charge in [-0.15, -0.1) is 0 Å². The van der Waals surface area contributed by atoms with Crippen LogP contribution in [0.4, 0.5) is 0 Å². The van der Waals surface area contributed by atoms with Gasteiger partial charge in [0.25, 0.3) is 0 Å². The lowest BCUT2D eigenvalue weighted by Gasteiger charge is -2.16. The van der Waals surface area contributed by atoms with Crippen LogP contribution in [0, 0.1) is 0 Å². The van der Waals surface area contributed by atoms with Crippen LogP contribution in [0.1, 0.15) is 11.5 Å². The summed E-state index contributed by atoms with van der Waals surface area (Å²) >= 11 is 0. The van der Waals surface area contributed by atoms with Gasteiger partial charge >= 0.3 is 5.97 Å². The first-order chi connectivity index (χ1) is 9.72. The summed E-state index contributed by atoms with van der Waals surface area (Å²) in [5, 5.41) is 9.64. The lowest BCUT2D eigenvalue weighted by molar-refractivity contribution is -0.143. The molecule has 20 heavy (non-hydrogen) atoms. The van der Waals surface area contributed by atoms with Gasteiger partial charge < -0.3 is 14.6 Å². The molecule has 1 heterocycles. The normalized spacial score (nSPS) is 11.7. The van der Waals surface area contributed by atoms with E-state index >= 15 is 0 Å². The Morgan fingerprint density at radius 3 is 2.75 bits per heavy atom. The van der Waals surface area contributed by atoms with Gasteiger partial charge in [0.15, 0.2) is 11.5 Å². The fourth-order valence-corrected chi connectivity index (χ4v) is 1.78. The number of aromatic nitrogens is 1. The molecular formula is C15H15NO4. The Bertz CT molecular complexity index is 571. The van der Waals surface area contributed by atoms with Crippen LogP contribution in [0.15, 0.2) is 48.8 Å². The number of phenolic OH excluding ortho intramolecular Hbond substituents is 1. The summed E-state index contributed by atoms with van der Waals surface area (Å²) in [7, 11) is 1.33. The number of phenols is 1. The molecule has 5 heteroatoms. The number of ether oxygens (including phenoxy) is 2. The first kappa shape index (κ1) is 13.9. The maximum atomic E-state index is 11.8. The van der Waals surface area contributed by atoms with E-state index in [1.165, 1.54) is 13.2 Å². The third-order valence-electron chi connectivity index (χ3n) is 2.84. The van der Waals surface area contributed by atoms with E-state index in [4.69, 9.17) is 9.47 Å². The molecule has 0 spiro atoms. The highest BCUT2D eigenvalue weighted by Gasteiger charge is 2.23. The van der Waals surface area contributed by atoms with E-state index < -0.39 is 11.9 Å². The van der Waals surface area contributed by atoms with E-state index in [-0.39, 0.29) is 12.4 Å². The number of hydrogen-bond acceptors (Lipinski definition) is 5. The molecule has 0 amide bonds. The van der Waals surface area contributed by atoms with Crippen LogP contribution in [0.2, 0.25) is 0 Å². The van der Waals surface area contributed by atoms with Gasteiger partial charge in [0.2, 0.25) is 0 Å². The minimum absolute atomic E-state index is 0.0299. The number of aromatic hydroxyl groups is 1. The zero-order chi connectivity index (χ0) is 14.4. The number of nitrogens with zero attached hydrogens (tertiary/aromatic N) is 1. The quantitative estimate of drug-likeness (QED) is 0.845. The predicted octanol–water partition coefficient (Wildman–Crippen LogP) is 2.12. The number of rotatable bonds is 5. The molecule has 0 fully saturated rings. The fourth-order valence-electron chi connectivity index (χ4n) is 1.78. The van der Waals surface area contributed by atoms with E-state index in [1.807, 2.05) is 0 Å². The molecule has 0 radical (unpaired) electrons. The highest BCUT2D eigenvalue weighted by Crippen LogP contribution is 2.26. The molecule has 1 unspecified atom stereocenters. The molecule has 0 saturated heterocycles. The molecular weight excluding hydrogens is 258 g/mol. The lowest BCUT2D eigenvalue weighted by atomic mass is 10.0. The summed E-state index contributed by atoms with van der Waals surface area (Å²) in [4.78, 5) is 15.8. The van der Waals surface area contributed by atoms with Gasteiger partial charge in [0.05, 0.1) is 7.11 Å². The van der Waals surface area contributed by atoms with Crippen molar-refractivity contribution < 1.29 is 19.4 Å². The van der Waals surface area contributed by atoms with Gasteiger partial charge in [-0.2, -0.15) is 0 Å². The molecule has 0 saturated carbocycles. The Morgan fingerprint density at radius 2 is 2.10 bits per heavy atom. The third kappa shape index (κ3) is 3.26. The van der Waals surface area contributed by atoms with E-state index in [9.17, 15) is 9.90 Å². The number of esters is 1. The number of carbonyl (C=O) groups excluding carboxylic acids is 1. The fraction of sp³-hybridized carbons (Fsp3) is 0.200. The second-order valence-corrected chi connectivity index (χ2v) is 4.14. The van der Waals surface area contributed by atoms with Crippen molar-refractivity contribution in [1.29, 1.82) is 0 Å². The minimum Gasteiger partial charge on any atom is -0.504 e. The Kier molecular flexibility index (Phi) is 4.55. The first-order valence-corrected chi connectivity index (χ1v) is 6.11. The van der Waals surface area contributed by atoms with Gasteiger partial charge in [-0.25, -0.2) is 0 Å². The van der Waals surface area contributed by atoms with Crippen molar-refractivity contribution in [1.82, 2.24) is 4.98 Å². The molecule has 0 aliphatic rings. The zero-order valence-electron chi connectivity index (χ0n) is 11.0. The summed E-state index contributed by atoms with van der Waals surface area (Å²) in [5.74, 6) is -0.644. The third-order valence-corrected chi connectivity index (χ3v) is 2.84. The molecule has 1 aromatic carbocycles. The van der Waals surface area contributed by atoms with Gasteiger partial charge in [-0.05, 0) is 23.8 Å². The largest absolute Gasteiger partial charge is 0.504 e. The van der Waals surface area contributed by atoms with Crippen molar-refractivity contribution >= 4 is 5.97 Å². The predicted molar refractivity (Wildman–Crippen MR) is 72.6 cm³/mol. The van der Waals surface area contributed by atoms with Gasteiger partial charge in [0, 0.05) is 12.4 Å². The molecule has 104 valence electrons. The van der Waals surface area contributed by atoms with Crippen molar-refractivity contribution in [3.05, 3.63) is 54.4 Å². The molecule has 2 aromatic rings. The van der Waals surface area contributed by atoms with Crippen LogP contribution >= 0.6 is 0 Å². The van der Waals surface area contributed by atoms with E-state index in [0.717, 1.165) is 0 Å². The SMILES string of the molecule is COC(=O)C(COc1ccccc1O)c1cccnc1. The van der Waals surface area contributed by atoms with Crippen LogP contribution in [0.5, 0.6) is 11.5 Å². The number of benzene rings is 1. The average molecular weight is 273 g/mol. The van der Waals surface area contributed by atoms with Crippen molar-refractivity contribution in [3.8, 4) is 11.5 Å². The molecule has 0 bridgehead atoms. The van der Waals surface area contributed by atoms with Gasteiger partial charge in [-0.1, -0.05) is 18.2 Å². The van der Waals surface area contributed by atoms with Gasteiger partial charge in [-0.3, -0.25) is 9.78 Å². The molecule has 2 rings (SSSR count). The highest BCUT2D eigenvalue weighted by atomic mass is 16.5. The number of pyridine rings is 1. The maximum Gasteiger partial charge on any atom is 0.316 e. The summed E-state index contributed by atoms with van der Waals surface area (Å²) in [6, 6.07) is 10.1. The number of methoxy groups -OCH3 is 1. The van der Waals surface area contributed by atoms with Crippen molar-refractivity contribution in [3.63, 3.8) is 0 Å². The molecule has 1 aromatic heterocycles. The molecule has 0 aliphatic heterocycles.